The molecule has 0 radical (unpaired) electrons. The van der Waals surface area contributed by atoms with Crippen molar-refractivity contribution in [2.24, 2.45) is 0 Å². The first kappa shape index (κ1) is 25.8. The van der Waals surface area contributed by atoms with Crippen LogP contribution in [0.4, 0.5) is 5.69 Å². The van der Waals surface area contributed by atoms with Crippen molar-refractivity contribution in [2.75, 3.05) is 18.4 Å². The molecule has 0 bridgehead atoms. The molecule has 0 spiro atoms. The van der Waals surface area contributed by atoms with Crippen molar-refractivity contribution in [3.05, 3.63) is 46.4 Å². The maximum absolute atomic E-state index is 12.9. The molecular weight excluding hydrogens is 503 g/mol. The van der Waals surface area contributed by atoms with Gasteiger partial charge in [-0.3, -0.25) is 4.79 Å². The SMILES string of the molecule is CCN(CC)S(=O)(=O)c1ccc2c(c1)nc(SC(C)C(=O)Nc1ccc(Cl)cc1Cl)n2CC. The average Bonchev–Trinajstić information content (AvgIpc) is 3.12. The lowest BCUT2D eigenvalue weighted by Crippen LogP contribution is -2.30. The molecule has 1 heterocycles. The van der Waals surface area contributed by atoms with Crippen LogP contribution >= 0.6 is 35.0 Å². The summed E-state index contributed by atoms with van der Waals surface area (Å²) in [7, 11) is -3.59. The number of hydrogen-bond donors (Lipinski definition) is 1. The number of hydrogen-bond acceptors (Lipinski definition) is 5. The van der Waals surface area contributed by atoms with Crippen molar-refractivity contribution < 1.29 is 13.2 Å². The van der Waals surface area contributed by atoms with Gasteiger partial charge >= 0.3 is 0 Å². The molecule has 1 unspecified atom stereocenters. The Morgan fingerprint density at radius 3 is 2.45 bits per heavy atom. The molecule has 33 heavy (non-hydrogen) atoms. The summed E-state index contributed by atoms with van der Waals surface area (Å²) in [5.41, 5.74) is 1.86. The summed E-state index contributed by atoms with van der Waals surface area (Å²) in [6, 6.07) is 9.84. The van der Waals surface area contributed by atoms with Crippen molar-refractivity contribution >= 4 is 67.6 Å². The van der Waals surface area contributed by atoms with Gasteiger partial charge in [-0.2, -0.15) is 4.31 Å². The van der Waals surface area contributed by atoms with E-state index < -0.39 is 15.3 Å². The van der Waals surface area contributed by atoms with Crippen molar-refractivity contribution in [2.45, 2.75) is 49.5 Å². The maximum Gasteiger partial charge on any atom is 0.243 e. The third kappa shape index (κ3) is 5.49. The molecular formula is C22H26Cl2N4O3S2. The number of benzene rings is 2. The summed E-state index contributed by atoms with van der Waals surface area (Å²) >= 11 is 13.4. The van der Waals surface area contributed by atoms with E-state index in [2.05, 4.69) is 10.3 Å². The van der Waals surface area contributed by atoms with Gasteiger partial charge in [0, 0.05) is 24.7 Å². The molecule has 1 N–H and O–H groups in total. The Hall–Kier alpha value is -1.78. The molecule has 3 rings (SSSR count). The van der Waals surface area contributed by atoms with Gasteiger partial charge in [0.15, 0.2) is 5.16 Å². The Morgan fingerprint density at radius 1 is 1.15 bits per heavy atom. The number of thioether (sulfide) groups is 1. The zero-order chi connectivity index (χ0) is 24.3. The number of anilines is 1. The van der Waals surface area contributed by atoms with Crippen molar-refractivity contribution in [3.8, 4) is 0 Å². The van der Waals surface area contributed by atoms with Crippen LogP contribution in [0.5, 0.6) is 0 Å². The Bertz CT molecular complexity index is 1270. The highest BCUT2D eigenvalue weighted by Crippen LogP contribution is 2.31. The smallest absolute Gasteiger partial charge is 0.243 e. The monoisotopic (exact) mass is 528 g/mol. The van der Waals surface area contributed by atoms with Crippen LogP contribution in [-0.4, -0.2) is 46.5 Å². The minimum absolute atomic E-state index is 0.208. The quantitative estimate of drug-likeness (QED) is 0.370. The van der Waals surface area contributed by atoms with Crippen LogP contribution < -0.4 is 5.32 Å². The Kier molecular flexibility index (Phi) is 8.34. The molecule has 1 amide bonds. The van der Waals surface area contributed by atoms with Crippen LogP contribution in [0.3, 0.4) is 0 Å². The first-order valence-corrected chi connectivity index (χ1v) is 13.6. The summed E-state index contributed by atoms with van der Waals surface area (Å²) in [5, 5.41) is 3.81. The van der Waals surface area contributed by atoms with E-state index in [-0.39, 0.29) is 10.8 Å². The number of carbonyl (C=O) groups excluding carboxylic acids is 1. The van der Waals surface area contributed by atoms with E-state index in [9.17, 15) is 13.2 Å². The highest BCUT2D eigenvalue weighted by Gasteiger charge is 2.24. The number of amides is 1. The molecule has 1 atom stereocenters. The number of imidazole rings is 1. The minimum Gasteiger partial charge on any atom is -0.324 e. The van der Waals surface area contributed by atoms with Gasteiger partial charge in [-0.05, 0) is 50.2 Å². The second kappa shape index (κ2) is 10.7. The van der Waals surface area contributed by atoms with Gasteiger partial charge in [-0.25, -0.2) is 13.4 Å². The van der Waals surface area contributed by atoms with Gasteiger partial charge in [0.2, 0.25) is 15.9 Å². The van der Waals surface area contributed by atoms with Gasteiger partial charge in [-0.1, -0.05) is 48.8 Å². The van der Waals surface area contributed by atoms with Crippen molar-refractivity contribution in [1.29, 1.82) is 0 Å². The van der Waals surface area contributed by atoms with E-state index in [1.54, 1.807) is 43.3 Å². The second-order valence-corrected chi connectivity index (χ2v) is 11.3. The highest BCUT2D eigenvalue weighted by molar-refractivity contribution is 8.00. The number of rotatable bonds is 9. The Morgan fingerprint density at radius 2 is 1.85 bits per heavy atom. The molecule has 0 aliphatic heterocycles. The fourth-order valence-corrected chi connectivity index (χ4v) is 6.32. The molecule has 178 valence electrons. The predicted octanol–water partition coefficient (Wildman–Crippen LogP) is 5.51. The summed E-state index contributed by atoms with van der Waals surface area (Å²) in [5.74, 6) is -0.233. The third-order valence-electron chi connectivity index (χ3n) is 5.18. The second-order valence-electron chi connectivity index (χ2n) is 7.25. The lowest BCUT2D eigenvalue weighted by atomic mass is 10.3. The van der Waals surface area contributed by atoms with E-state index in [4.69, 9.17) is 23.2 Å². The number of sulfonamides is 1. The van der Waals surface area contributed by atoms with Crippen LogP contribution in [0, 0.1) is 0 Å². The average molecular weight is 530 g/mol. The van der Waals surface area contributed by atoms with Crippen LogP contribution in [0.1, 0.15) is 27.7 Å². The number of nitrogens with one attached hydrogen (secondary N) is 1. The highest BCUT2D eigenvalue weighted by atomic mass is 35.5. The van der Waals surface area contributed by atoms with E-state index in [0.29, 0.717) is 46.0 Å². The first-order chi connectivity index (χ1) is 15.6. The van der Waals surface area contributed by atoms with Gasteiger partial charge in [-0.15, -0.1) is 0 Å². The van der Waals surface area contributed by atoms with Gasteiger partial charge in [0.25, 0.3) is 0 Å². The number of aromatic nitrogens is 2. The fourth-order valence-electron chi connectivity index (χ4n) is 3.39. The van der Waals surface area contributed by atoms with E-state index >= 15 is 0 Å². The summed E-state index contributed by atoms with van der Waals surface area (Å²) in [6.07, 6.45) is 0. The fraction of sp³-hybridized carbons (Fsp3) is 0.364. The standard InChI is InChI=1S/C22H26Cl2N4O3S2/c1-5-27(6-2)33(30,31)16-9-11-20-19(13-16)26-22(28(20)7-3)32-14(4)21(29)25-18-10-8-15(23)12-17(18)24/h8-14H,5-7H2,1-4H3,(H,25,29). The molecule has 0 aliphatic rings. The Balaban J connectivity index is 1.87. The van der Waals surface area contributed by atoms with Crippen molar-refractivity contribution in [3.63, 3.8) is 0 Å². The lowest BCUT2D eigenvalue weighted by molar-refractivity contribution is -0.115. The van der Waals surface area contributed by atoms with Crippen LogP contribution in [0.2, 0.25) is 10.0 Å². The zero-order valence-corrected chi connectivity index (χ0v) is 21.9. The summed E-state index contributed by atoms with van der Waals surface area (Å²) in [4.78, 5) is 17.6. The summed E-state index contributed by atoms with van der Waals surface area (Å²) < 4.78 is 29.2. The topological polar surface area (TPSA) is 84.3 Å². The van der Waals surface area contributed by atoms with E-state index in [1.165, 1.54) is 16.1 Å². The van der Waals surface area contributed by atoms with Gasteiger partial charge in [0.05, 0.1) is 31.9 Å². The Labute approximate surface area is 208 Å². The van der Waals surface area contributed by atoms with E-state index in [1.807, 2.05) is 25.3 Å². The zero-order valence-electron chi connectivity index (χ0n) is 18.8. The predicted molar refractivity (Wildman–Crippen MR) is 136 cm³/mol. The molecule has 0 aliphatic carbocycles. The van der Waals surface area contributed by atoms with Crippen LogP contribution in [-0.2, 0) is 21.4 Å². The number of carbonyl (C=O) groups is 1. The number of nitrogens with zero attached hydrogens (tertiary/aromatic N) is 3. The molecule has 7 nitrogen and oxygen atoms in total. The molecule has 0 saturated carbocycles. The van der Waals surface area contributed by atoms with Crippen LogP contribution in [0.25, 0.3) is 11.0 Å². The molecule has 0 saturated heterocycles. The number of aryl methyl sites for hydroxylation is 1. The minimum atomic E-state index is -3.59. The maximum atomic E-state index is 12.9. The van der Waals surface area contributed by atoms with Gasteiger partial charge in [0.1, 0.15) is 0 Å². The normalized spacial score (nSPS) is 12.9. The number of fused-ring (bicyclic) bond motifs is 1. The largest absolute Gasteiger partial charge is 0.324 e. The van der Waals surface area contributed by atoms with E-state index in [0.717, 1.165) is 5.52 Å². The van der Waals surface area contributed by atoms with Crippen molar-refractivity contribution in [1.82, 2.24) is 13.9 Å². The molecule has 3 aromatic rings. The van der Waals surface area contributed by atoms with Crippen LogP contribution in [0.15, 0.2) is 46.5 Å². The van der Waals surface area contributed by atoms with Gasteiger partial charge < -0.3 is 9.88 Å². The third-order valence-corrected chi connectivity index (χ3v) is 8.87. The summed E-state index contributed by atoms with van der Waals surface area (Å²) in [6.45, 7) is 8.78. The molecule has 2 aromatic carbocycles. The molecule has 1 aromatic heterocycles. The lowest BCUT2D eigenvalue weighted by Gasteiger charge is -2.18. The molecule has 11 heteroatoms. The number of halogens is 2. The molecule has 0 fully saturated rings. The first-order valence-electron chi connectivity index (χ1n) is 10.5.